The van der Waals surface area contributed by atoms with E-state index in [1.54, 1.807) is 13.3 Å². The summed E-state index contributed by atoms with van der Waals surface area (Å²) in [7, 11) is 1.58. The van der Waals surface area contributed by atoms with Gasteiger partial charge in [0.1, 0.15) is 5.60 Å². The Hall–Kier alpha value is -1.62. The number of anilines is 1. The number of aromatic nitrogens is 1. The van der Waals surface area contributed by atoms with Crippen molar-refractivity contribution in [2.24, 2.45) is 0 Å². The zero-order valence-corrected chi connectivity index (χ0v) is 14.4. The average molecular weight is 308 g/mol. The van der Waals surface area contributed by atoms with Crippen LogP contribution in [0.3, 0.4) is 0 Å². The van der Waals surface area contributed by atoms with Gasteiger partial charge in [0.05, 0.1) is 19.0 Å². The molecule has 0 saturated carbocycles. The third-order valence-corrected chi connectivity index (χ3v) is 3.59. The fraction of sp³-hybridized carbons (Fsp3) is 0.647. The van der Waals surface area contributed by atoms with Crippen molar-refractivity contribution in [2.45, 2.75) is 59.0 Å². The fourth-order valence-corrected chi connectivity index (χ4v) is 2.20. The van der Waals surface area contributed by atoms with Gasteiger partial charge in [0.25, 0.3) is 5.91 Å². The second-order valence-electron chi connectivity index (χ2n) is 5.69. The van der Waals surface area contributed by atoms with Crippen molar-refractivity contribution in [1.82, 2.24) is 4.98 Å². The third kappa shape index (κ3) is 4.98. The predicted octanol–water partition coefficient (Wildman–Crippen LogP) is 3.71. The van der Waals surface area contributed by atoms with Gasteiger partial charge < -0.3 is 14.8 Å². The van der Waals surface area contributed by atoms with Gasteiger partial charge in [-0.3, -0.25) is 4.79 Å². The van der Waals surface area contributed by atoms with Crippen LogP contribution in [0, 0.1) is 6.92 Å². The molecule has 1 aromatic rings. The molecule has 0 aromatic carbocycles. The van der Waals surface area contributed by atoms with Crippen LogP contribution in [0.5, 0.6) is 5.88 Å². The Morgan fingerprint density at radius 2 is 2.09 bits per heavy atom. The number of carbonyl (C=O) groups excluding carboxylic acids is 1. The zero-order chi connectivity index (χ0) is 16.6. The molecule has 0 aliphatic heterocycles. The van der Waals surface area contributed by atoms with Crippen LogP contribution in [0.25, 0.3) is 0 Å². The molecule has 1 heterocycles. The molecule has 1 amide bonds. The summed E-state index contributed by atoms with van der Waals surface area (Å²) < 4.78 is 11.0. The molecule has 0 bridgehead atoms. The van der Waals surface area contributed by atoms with E-state index in [2.05, 4.69) is 17.2 Å². The van der Waals surface area contributed by atoms with Crippen LogP contribution in [0.4, 0.5) is 5.69 Å². The van der Waals surface area contributed by atoms with E-state index in [4.69, 9.17) is 9.47 Å². The van der Waals surface area contributed by atoms with Crippen molar-refractivity contribution in [3.05, 3.63) is 17.8 Å². The van der Waals surface area contributed by atoms with Crippen LogP contribution < -0.4 is 10.1 Å². The zero-order valence-electron chi connectivity index (χ0n) is 14.4. The van der Waals surface area contributed by atoms with Gasteiger partial charge in [0, 0.05) is 12.2 Å². The van der Waals surface area contributed by atoms with E-state index in [-0.39, 0.29) is 5.91 Å². The minimum atomic E-state index is -0.806. The second-order valence-corrected chi connectivity index (χ2v) is 5.69. The molecular weight excluding hydrogens is 280 g/mol. The smallest absolute Gasteiger partial charge is 0.256 e. The minimum absolute atomic E-state index is 0.124. The normalized spacial score (nSPS) is 13.5. The molecule has 0 aliphatic rings. The summed E-state index contributed by atoms with van der Waals surface area (Å²) in [4.78, 5) is 16.8. The molecule has 22 heavy (non-hydrogen) atoms. The second kappa shape index (κ2) is 8.73. The Bertz CT molecular complexity index is 481. The van der Waals surface area contributed by atoms with Crippen LogP contribution in [-0.4, -0.2) is 30.2 Å². The number of methoxy groups -OCH3 is 1. The lowest BCUT2D eigenvalue weighted by Gasteiger charge is -2.28. The highest BCUT2D eigenvalue weighted by molar-refractivity contribution is 5.97. The molecule has 0 radical (unpaired) electrons. The summed E-state index contributed by atoms with van der Waals surface area (Å²) >= 11 is 0. The minimum Gasteiger partial charge on any atom is -0.481 e. The molecule has 1 atom stereocenters. The maximum absolute atomic E-state index is 12.6. The number of carbonyl (C=O) groups is 1. The summed E-state index contributed by atoms with van der Waals surface area (Å²) in [5.74, 6) is 0.440. The van der Waals surface area contributed by atoms with Crippen LogP contribution in [0.15, 0.2) is 12.3 Å². The van der Waals surface area contributed by atoms with Crippen molar-refractivity contribution in [2.75, 3.05) is 19.0 Å². The van der Waals surface area contributed by atoms with E-state index in [0.29, 0.717) is 24.6 Å². The molecule has 124 valence electrons. The third-order valence-electron chi connectivity index (χ3n) is 3.59. The van der Waals surface area contributed by atoms with Crippen molar-refractivity contribution >= 4 is 11.6 Å². The lowest BCUT2D eigenvalue weighted by atomic mass is 9.97. The molecule has 1 N–H and O–H groups in total. The number of nitrogens with zero attached hydrogens (tertiary/aromatic N) is 1. The van der Waals surface area contributed by atoms with Gasteiger partial charge in [-0.25, -0.2) is 4.98 Å². The fourth-order valence-electron chi connectivity index (χ4n) is 2.20. The molecule has 5 heteroatoms. The van der Waals surface area contributed by atoms with E-state index >= 15 is 0 Å². The topological polar surface area (TPSA) is 60.5 Å². The summed E-state index contributed by atoms with van der Waals surface area (Å²) in [5, 5.41) is 2.91. The van der Waals surface area contributed by atoms with Gasteiger partial charge in [-0.05, 0) is 32.8 Å². The van der Waals surface area contributed by atoms with Crippen molar-refractivity contribution < 1.29 is 14.3 Å². The molecule has 0 fully saturated rings. The molecule has 5 nitrogen and oxygen atoms in total. The number of nitrogens with one attached hydrogen (secondary N) is 1. The lowest BCUT2D eigenvalue weighted by molar-refractivity contribution is -0.140. The van der Waals surface area contributed by atoms with E-state index in [1.165, 1.54) is 0 Å². The first-order valence-corrected chi connectivity index (χ1v) is 7.92. The summed E-state index contributed by atoms with van der Waals surface area (Å²) in [6, 6.07) is 1.85. The van der Waals surface area contributed by atoms with E-state index in [1.807, 2.05) is 26.8 Å². The van der Waals surface area contributed by atoms with Crippen LogP contribution in [-0.2, 0) is 9.53 Å². The van der Waals surface area contributed by atoms with Crippen molar-refractivity contribution in [3.63, 3.8) is 0 Å². The highest BCUT2D eigenvalue weighted by atomic mass is 16.5. The predicted molar refractivity (Wildman–Crippen MR) is 88.3 cm³/mol. The molecule has 0 spiro atoms. The standard InChI is InChI=1S/C17H28N2O3/c1-6-8-9-17(4,22-10-7-2)16(20)19-14-11-13(3)15(21-5)18-12-14/h11-12H,6-10H2,1-5H3,(H,19,20)/t17-/m1/s1. The van der Waals surface area contributed by atoms with E-state index in [0.717, 1.165) is 24.8 Å². The Morgan fingerprint density at radius 1 is 1.36 bits per heavy atom. The number of hydrogen-bond donors (Lipinski definition) is 1. The first-order valence-electron chi connectivity index (χ1n) is 7.92. The number of unbranched alkanes of at least 4 members (excludes halogenated alkanes) is 1. The molecule has 0 saturated heterocycles. The summed E-state index contributed by atoms with van der Waals surface area (Å²) in [6.07, 6.45) is 5.18. The average Bonchev–Trinajstić information content (AvgIpc) is 2.51. The molecule has 0 unspecified atom stereocenters. The molecule has 1 aromatic heterocycles. The summed E-state index contributed by atoms with van der Waals surface area (Å²) in [6.45, 7) is 8.47. The summed E-state index contributed by atoms with van der Waals surface area (Å²) in [5.41, 5.74) is 0.732. The van der Waals surface area contributed by atoms with Gasteiger partial charge in [0.2, 0.25) is 5.88 Å². The first kappa shape index (κ1) is 18.4. The molecule has 0 aliphatic carbocycles. The Labute approximate surface area is 133 Å². The number of amides is 1. The monoisotopic (exact) mass is 308 g/mol. The molecule has 1 rings (SSSR count). The van der Waals surface area contributed by atoms with Gasteiger partial charge in [-0.15, -0.1) is 0 Å². The largest absolute Gasteiger partial charge is 0.481 e. The van der Waals surface area contributed by atoms with Crippen molar-refractivity contribution in [3.8, 4) is 5.88 Å². The van der Waals surface area contributed by atoms with Crippen molar-refractivity contribution in [1.29, 1.82) is 0 Å². The Kier molecular flexibility index (Phi) is 7.32. The highest BCUT2D eigenvalue weighted by Gasteiger charge is 2.33. The maximum atomic E-state index is 12.6. The SMILES string of the molecule is CCCC[C@@](C)(OCCC)C(=O)Nc1cnc(OC)c(C)c1. The molecular formula is C17H28N2O3. The Balaban J connectivity index is 2.83. The van der Waals surface area contributed by atoms with Crippen LogP contribution in [0.2, 0.25) is 0 Å². The van der Waals surface area contributed by atoms with Gasteiger partial charge in [-0.1, -0.05) is 26.7 Å². The van der Waals surface area contributed by atoms with Gasteiger partial charge in [0.15, 0.2) is 0 Å². The number of aryl methyl sites for hydroxylation is 1. The quantitative estimate of drug-likeness (QED) is 0.755. The number of ether oxygens (including phenoxy) is 2. The van der Waals surface area contributed by atoms with E-state index in [9.17, 15) is 4.79 Å². The van der Waals surface area contributed by atoms with Crippen LogP contribution >= 0.6 is 0 Å². The highest BCUT2D eigenvalue weighted by Crippen LogP contribution is 2.23. The van der Waals surface area contributed by atoms with E-state index < -0.39 is 5.60 Å². The first-order chi connectivity index (χ1) is 10.5. The number of pyridine rings is 1. The van der Waals surface area contributed by atoms with Gasteiger partial charge >= 0.3 is 0 Å². The lowest BCUT2D eigenvalue weighted by Crippen LogP contribution is -2.43. The van der Waals surface area contributed by atoms with Gasteiger partial charge in [-0.2, -0.15) is 0 Å². The number of hydrogen-bond acceptors (Lipinski definition) is 4. The maximum Gasteiger partial charge on any atom is 0.256 e. The number of rotatable bonds is 9. The Morgan fingerprint density at radius 3 is 2.64 bits per heavy atom. The van der Waals surface area contributed by atoms with Crippen LogP contribution in [0.1, 0.15) is 52.0 Å².